The molecule has 0 spiro atoms. The van der Waals surface area contributed by atoms with Crippen LogP contribution in [0.3, 0.4) is 0 Å². The summed E-state index contributed by atoms with van der Waals surface area (Å²) in [5, 5.41) is 0. The number of phosphoric acid groups is 1. The van der Waals surface area contributed by atoms with Crippen molar-refractivity contribution in [3.63, 3.8) is 0 Å². The zero-order chi connectivity index (χ0) is 38.9. The van der Waals surface area contributed by atoms with E-state index < -0.39 is 32.5 Å². The fraction of sp³-hybridized carbons (Fsp3) is 0.682. The number of unbranched alkanes of at least 4 members (excludes halogenated alkanes) is 13. The lowest BCUT2D eigenvalue weighted by atomic mass is 10.1. The molecule has 0 aliphatic rings. The topological polar surface area (TPSA) is 108 Å². The SMILES string of the molecule is CC/C=C\C/C=C\C/C=C\C/C=C\CCCCCCC(=O)OC(COC(=O)CCCCCCC/C=C\C/C=C\CCCCCC)COP(=O)(O)OCC. The van der Waals surface area contributed by atoms with E-state index in [2.05, 4.69) is 86.8 Å². The predicted octanol–water partition coefficient (Wildman–Crippen LogP) is 12.9. The van der Waals surface area contributed by atoms with Gasteiger partial charge in [0, 0.05) is 12.8 Å². The van der Waals surface area contributed by atoms with E-state index in [1.54, 1.807) is 6.92 Å². The molecule has 0 bridgehead atoms. The Labute approximate surface area is 323 Å². The first-order valence-electron chi connectivity index (χ1n) is 20.7. The smallest absolute Gasteiger partial charge is 0.462 e. The van der Waals surface area contributed by atoms with E-state index in [1.807, 2.05) is 0 Å². The number of hydrogen-bond donors (Lipinski definition) is 1. The van der Waals surface area contributed by atoms with Gasteiger partial charge in [-0.3, -0.25) is 18.6 Å². The molecule has 0 fully saturated rings. The van der Waals surface area contributed by atoms with E-state index in [0.29, 0.717) is 6.42 Å². The van der Waals surface area contributed by atoms with Gasteiger partial charge in [0.15, 0.2) is 6.10 Å². The maximum Gasteiger partial charge on any atom is 0.472 e. The van der Waals surface area contributed by atoms with Gasteiger partial charge in [0.25, 0.3) is 0 Å². The molecule has 0 amide bonds. The number of rotatable bonds is 37. The molecule has 2 atom stereocenters. The molecular weight excluding hydrogens is 687 g/mol. The normalized spacial score (nSPS) is 14.1. The number of phosphoric ester groups is 1. The van der Waals surface area contributed by atoms with Gasteiger partial charge in [-0.15, -0.1) is 0 Å². The summed E-state index contributed by atoms with van der Waals surface area (Å²) in [6.45, 7) is 5.28. The van der Waals surface area contributed by atoms with Crippen LogP contribution in [0.4, 0.5) is 0 Å². The average molecular weight is 763 g/mol. The van der Waals surface area contributed by atoms with Gasteiger partial charge in [-0.1, -0.05) is 138 Å². The predicted molar refractivity (Wildman–Crippen MR) is 221 cm³/mol. The fourth-order valence-electron chi connectivity index (χ4n) is 5.24. The maximum absolute atomic E-state index is 12.5. The Morgan fingerprint density at radius 1 is 0.528 bits per heavy atom. The molecule has 0 saturated carbocycles. The standard InChI is InChI=1S/C44H75O8P/c1-4-7-9-11-13-15-17-19-21-23-25-27-29-31-33-35-37-39-44(46)52-42(41-51-53(47,48)50-6-3)40-49-43(45)38-36-34-32-30-28-26-24-22-20-18-16-14-12-10-8-5-2/h7,9,13,15-16,18-19,21-22,24-25,27,42H,4-6,8,10-12,14,17,20,23,26,28-41H2,1-3H3,(H,47,48)/b9-7-,15-13-,18-16-,21-19-,24-22-,27-25-. The second-order valence-electron chi connectivity index (χ2n) is 13.3. The van der Waals surface area contributed by atoms with Crippen molar-refractivity contribution in [2.24, 2.45) is 0 Å². The Kier molecular flexibility index (Phi) is 37.3. The first-order chi connectivity index (χ1) is 25.8. The molecule has 53 heavy (non-hydrogen) atoms. The Balaban J connectivity index is 4.20. The second-order valence-corrected chi connectivity index (χ2v) is 14.7. The molecule has 0 aromatic carbocycles. The van der Waals surface area contributed by atoms with Crippen LogP contribution in [0.5, 0.6) is 0 Å². The highest BCUT2D eigenvalue weighted by atomic mass is 31.2. The van der Waals surface area contributed by atoms with Gasteiger partial charge in [0.1, 0.15) is 6.61 Å². The van der Waals surface area contributed by atoms with Gasteiger partial charge in [-0.05, 0) is 90.4 Å². The monoisotopic (exact) mass is 763 g/mol. The molecule has 2 unspecified atom stereocenters. The molecule has 9 heteroatoms. The minimum atomic E-state index is -4.29. The first-order valence-corrected chi connectivity index (χ1v) is 22.2. The van der Waals surface area contributed by atoms with Crippen molar-refractivity contribution in [1.29, 1.82) is 0 Å². The first kappa shape index (κ1) is 50.5. The summed E-state index contributed by atoms with van der Waals surface area (Å²) in [4.78, 5) is 34.7. The molecule has 0 radical (unpaired) electrons. The molecule has 0 heterocycles. The Morgan fingerprint density at radius 2 is 0.962 bits per heavy atom. The molecule has 0 aromatic heterocycles. The van der Waals surface area contributed by atoms with E-state index in [-0.39, 0.29) is 26.1 Å². The molecule has 0 aromatic rings. The molecule has 0 rings (SSSR count). The lowest BCUT2D eigenvalue weighted by Crippen LogP contribution is -2.29. The van der Waals surface area contributed by atoms with Crippen molar-refractivity contribution >= 4 is 19.8 Å². The van der Waals surface area contributed by atoms with Crippen LogP contribution in [-0.2, 0) is 32.7 Å². The summed E-state index contributed by atoms with van der Waals surface area (Å²) < 4.78 is 32.6. The van der Waals surface area contributed by atoms with Gasteiger partial charge in [0.2, 0.25) is 0 Å². The van der Waals surface area contributed by atoms with Gasteiger partial charge < -0.3 is 14.4 Å². The molecular formula is C44H75O8P. The molecule has 8 nitrogen and oxygen atoms in total. The minimum Gasteiger partial charge on any atom is -0.462 e. The highest BCUT2D eigenvalue weighted by Crippen LogP contribution is 2.43. The number of carbonyl (C=O) groups is 2. The van der Waals surface area contributed by atoms with Crippen molar-refractivity contribution < 1.29 is 37.6 Å². The number of carbonyl (C=O) groups excluding carboxylic acids is 2. The van der Waals surface area contributed by atoms with E-state index in [1.165, 1.54) is 32.1 Å². The summed E-state index contributed by atoms with van der Waals surface area (Å²) in [7, 11) is -4.29. The van der Waals surface area contributed by atoms with Crippen LogP contribution in [0.2, 0.25) is 0 Å². The summed E-state index contributed by atoms with van der Waals surface area (Å²) in [5.74, 6) is -0.848. The zero-order valence-corrected chi connectivity index (χ0v) is 34.5. The maximum atomic E-state index is 12.5. The molecule has 0 aliphatic heterocycles. The van der Waals surface area contributed by atoms with Crippen molar-refractivity contribution in [1.82, 2.24) is 0 Å². The second kappa shape index (κ2) is 39.2. The van der Waals surface area contributed by atoms with Crippen molar-refractivity contribution in [2.75, 3.05) is 19.8 Å². The van der Waals surface area contributed by atoms with Crippen molar-refractivity contribution in [3.8, 4) is 0 Å². The van der Waals surface area contributed by atoms with Gasteiger partial charge in [0.05, 0.1) is 13.2 Å². The third-order valence-corrected chi connectivity index (χ3v) is 9.31. The van der Waals surface area contributed by atoms with Gasteiger partial charge in [-0.2, -0.15) is 0 Å². The molecule has 1 N–H and O–H groups in total. The average Bonchev–Trinajstić information content (AvgIpc) is 3.13. The van der Waals surface area contributed by atoms with E-state index in [4.69, 9.17) is 18.5 Å². The quantitative estimate of drug-likeness (QED) is 0.0288. The minimum absolute atomic E-state index is 0.0108. The lowest BCUT2D eigenvalue weighted by molar-refractivity contribution is -0.161. The van der Waals surface area contributed by atoms with Crippen LogP contribution in [0, 0.1) is 0 Å². The van der Waals surface area contributed by atoms with Crippen LogP contribution in [0.25, 0.3) is 0 Å². The summed E-state index contributed by atoms with van der Waals surface area (Å²) in [6, 6.07) is 0. The third-order valence-electron chi connectivity index (χ3n) is 8.25. The molecule has 304 valence electrons. The Hall–Kier alpha value is -2.51. The third kappa shape index (κ3) is 39.0. The van der Waals surface area contributed by atoms with Crippen LogP contribution in [0.15, 0.2) is 72.9 Å². The number of ether oxygens (including phenoxy) is 2. The molecule has 0 saturated heterocycles. The lowest BCUT2D eigenvalue weighted by Gasteiger charge is -2.19. The summed E-state index contributed by atoms with van der Waals surface area (Å²) in [6.07, 6.45) is 48.1. The van der Waals surface area contributed by atoms with Gasteiger partial charge >= 0.3 is 19.8 Å². The van der Waals surface area contributed by atoms with Crippen LogP contribution < -0.4 is 0 Å². The highest BCUT2D eigenvalue weighted by molar-refractivity contribution is 7.47. The summed E-state index contributed by atoms with van der Waals surface area (Å²) in [5.41, 5.74) is 0. The van der Waals surface area contributed by atoms with Gasteiger partial charge in [-0.25, -0.2) is 4.57 Å². The van der Waals surface area contributed by atoms with E-state index in [9.17, 15) is 19.0 Å². The fourth-order valence-corrected chi connectivity index (χ4v) is 5.99. The number of esters is 2. The van der Waals surface area contributed by atoms with Crippen molar-refractivity contribution in [2.45, 2.75) is 175 Å². The zero-order valence-electron chi connectivity index (χ0n) is 33.6. The Bertz CT molecular complexity index is 1090. The van der Waals surface area contributed by atoms with Crippen molar-refractivity contribution in [3.05, 3.63) is 72.9 Å². The highest BCUT2D eigenvalue weighted by Gasteiger charge is 2.25. The number of hydrogen-bond acceptors (Lipinski definition) is 7. The van der Waals surface area contributed by atoms with Crippen LogP contribution in [0.1, 0.15) is 168 Å². The molecule has 0 aliphatic carbocycles. The van der Waals surface area contributed by atoms with E-state index in [0.717, 1.165) is 96.3 Å². The van der Waals surface area contributed by atoms with E-state index >= 15 is 0 Å². The van der Waals surface area contributed by atoms with Crippen LogP contribution >= 0.6 is 7.82 Å². The van der Waals surface area contributed by atoms with Crippen LogP contribution in [-0.4, -0.2) is 42.8 Å². The summed E-state index contributed by atoms with van der Waals surface area (Å²) >= 11 is 0. The Morgan fingerprint density at radius 3 is 1.45 bits per heavy atom. The largest absolute Gasteiger partial charge is 0.472 e. The number of allylic oxidation sites excluding steroid dienone is 12.